The first-order valence-electron chi connectivity index (χ1n) is 6.70. The van der Waals surface area contributed by atoms with Crippen LogP contribution in [-0.4, -0.2) is 33.3 Å². The summed E-state index contributed by atoms with van der Waals surface area (Å²) >= 11 is 0. The number of hydrogen-bond acceptors (Lipinski definition) is 4. The highest BCUT2D eigenvalue weighted by atomic mass is 16.1. The zero-order chi connectivity index (χ0) is 13.9. The summed E-state index contributed by atoms with van der Waals surface area (Å²) in [4.78, 5) is 11.7. The van der Waals surface area contributed by atoms with Crippen LogP contribution in [0.5, 0.6) is 0 Å². The van der Waals surface area contributed by atoms with E-state index in [1.807, 2.05) is 35.9 Å². The van der Waals surface area contributed by atoms with Gasteiger partial charge in [-0.05, 0) is 37.1 Å². The van der Waals surface area contributed by atoms with Gasteiger partial charge in [-0.15, -0.1) is 10.2 Å². The summed E-state index contributed by atoms with van der Waals surface area (Å²) in [5.41, 5.74) is 1.76. The molecule has 0 saturated heterocycles. The van der Waals surface area contributed by atoms with Crippen LogP contribution < -0.4 is 10.6 Å². The van der Waals surface area contributed by atoms with Crippen molar-refractivity contribution in [2.45, 2.75) is 18.9 Å². The smallest absolute Gasteiger partial charge is 0.238 e. The van der Waals surface area contributed by atoms with Crippen molar-refractivity contribution in [1.82, 2.24) is 20.1 Å². The fourth-order valence-corrected chi connectivity index (χ4v) is 1.98. The van der Waals surface area contributed by atoms with E-state index >= 15 is 0 Å². The second-order valence-electron chi connectivity index (χ2n) is 5.05. The van der Waals surface area contributed by atoms with Crippen molar-refractivity contribution in [2.75, 3.05) is 11.9 Å². The number of rotatable bonds is 5. The summed E-state index contributed by atoms with van der Waals surface area (Å²) in [5.74, 6) is 0.793. The highest BCUT2D eigenvalue weighted by Gasteiger charge is 2.21. The van der Waals surface area contributed by atoms with Crippen LogP contribution in [-0.2, 0) is 11.8 Å². The van der Waals surface area contributed by atoms with Gasteiger partial charge in [0.15, 0.2) is 5.82 Å². The molecule has 3 rings (SSSR count). The lowest BCUT2D eigenvalue weighted by atomic mass is 10.2. The van der Waals surface area contributed by atoms with E-state index in [-0.39, 0.29) is 5.91 Å². The number of carbonyl (C=O) groups excluding carboxylic acids is 1. The average Bonchev–Trinajstić information content (AvgIpc) is 3.18. The molecular formula is C14H17N5O. The molecule has 0 spiro atoms. The maximum absolute atomic E-state index is 11.7. The van der Waals surface area contributed by atoms with Crippen molar-refractivity contribution < 1.29 is 4.79 Å². The minimum atomic E-state index is -0.0108. The molecule has 1 aliphatic carbocycles. The van der Waals surface area contributed by atoms with Gasteiger partial charge in [-0.25, -0.2) is 0 Å². The third kappa shape index (κ3) is 3.03. The molecular weight excluding hydrogens is 254 g/mol. The van der Waals surface area contributed by atoms with Crippen LogP contribution in [0, 0.1) is 0 Å². The van der Waals surface area contributed by atoms with Crippen LogP contribution in [0.3, 0.4) is 0 Å². The molecule has 6 heteroatoms. The Morgan fingerprint density at radius 3 is 2.70 bits per heavy atom. The predicted molar refractivity (Wildman–Crippen MR) is 76.1 cm³/mol. The highest BCUT2D eigenvalue weighted by molar-refractivity contribution is 5.92. The summed E-state index contributed by atoms with van der Waals surface area (Å²) in [5, 5.41) is 14.0. The molecule has 6 nitrogen and oxygen atoms in total. The van der Waals surface area contributed by atoms with Crippen molar-refractivity contribution in [1.29, 1.82) is 0 Å². The molecule has 2 aromatic rings. The van der Waals surface area contributed by atoms with E-state index in [2.05, 4.69) is 20.8 Å². The van der Waals surface area contributed by atoms with E-state index in [1.54, 1.807) is 6.33 Å². The molecule has 2 N–H and O–H groups in total. The summed E-state index contributed by atoms with van der Waals surface area (Å²) in [6.45, 7) is 0.371. The van der Waals surface area contributed by atoms with Gasteiger partial charge in [-0.2, -0.15) is 0 Å². The van der Waals surface area contributed by atoms with Crippen molar-refractivity contribution in [3.05, 3.63) is 30.6 Å². The van der Waals surface area contributed by atoms with Crippen LogP contribution in [0.1, 0.15) is 12.8 Å². The summed E-state index contributed by atoms with van der Waals surface area (Å²) in [7, 11) is 1.90. The third-order valence-electron chi connectivity index (χ3n) is 3.27. The third-order valence-corrected chi connectivity index (χ3v) is 3.27. The maximum atomic E-state index is 11.7. The number of amides is 1. The summed E-state index contributed by atoms with van der Waals surface area (Å²) in [6.07, 6.45) is 4.02. The van der Waals surface area contributed by atoms with Crippen LogP contribution in [0.25, 0.3) is 11.4 Å². The minimum absolute atomic E-state index is 0.0108. The Hall–Kier alpha value is -2.21. The molecule has 1 amide bonds. The van der Waals surface area contributed by atoms with Gasteiger partial charge in [0, 0.05) is 24.3 Å². The van der Waals surface area contributed by atoms with Crippen molar-refractivity contribution in [3.63, 3.8) is 0 Å². The second kappa shape index (κ2) is 5.42. The molecule has 1 saturated carbocycles. The Bertz CT molecular complexity index is 600. The van der Waals surface area contributed by atoms with Gasteiger partial charge in [-0.1, -0.05) is 0 Å². The van der Waals surface area contributed by atoms with Gasteiger partial charge >= 0.3 is 0 Å². The highest BCUT2D eigenvalue weighted by Crippen LogP contribution is 2.19. The summed E-state index contributed by atoms with van der Waals surface area (Å²) in [6, 6.07) is 8.14. The van der Waals surface area contributed by atoms with Crippen LogP contribution in [0.15, 0.2) is 30.6 Å². The molecule has 1 aromatic carbocycles. The molecule has 0 aliphatic heterocycles. The van der Waals surface area contributed by atoms with Gasteiger partial charge in [0.25, 0.3) is 0 Å². The molecule has 1 fully saturated rings. The lowest BCUT2D eigenvalue weighted by molar-refractivity contribution is -0.115. The maximum Gasteiger partial charge on any atom is 0.238 e. The van der Waals surface area contributed by atoms with Crippen molar-refractivity contribution >= 4 is 11.6 Å². The largest absolute Gasteiger partial charge is 0.325 e. The topological polar surface area (TPSA) is 71.8 Å². The number of aromatic nitrogens is 3. The molecule has 0 bridgehead atoms. The van der Waals surface area contributed by atoms with Gasteiger partial charge in [-0.3, -0.25) is 4.79 Å². The minimum Gasteiger partial charge on any atom is -0.325 e. The first-order chi connectivity index (χ1) is 9.72. The van der Waals surface area contributed by atoms with E-state index in [1.165, 1.54) is 12.8 Å². The van der Waals surface area contributed by atoms with E-state index in [4.69, 9.17) is 0 Å². The van der Waals surface area contributed by atoms with E-state index < -0.39 is 0 Å². The van der Waals surface area contributed by atoms with Crippen molar-refractivity contribution in [2.24, 2.45) is 7.05 Å². The lowest BCUT2D eigenvalue weighted by Gasteiger charge is -2.07. The molecule has 1 aromatic heterocycles. The second-order valence-corrected chi connectivity index (χ2v) is 5.05. The Balaban J connectivity index is 1.60. The first-order valence-corrected chi connectivity index (χ1v) is 6.70. The number of carbonyl (C=O) groups is 1. The monoisotopic (exact) mass is 271 g/mol. The van der Waals surface area contributed by atoms with E-state index in [0.717, 1.165) is 17.1 Å². The average molecular weight is 271 g/mol. The van der Waals surface area contributed by atoms with E-state index in [0.29, 0.717) is 12.6 Å². The molecule has 1 heterocycles. The molecule has 0 atom stereocenters. The number of nitrogens with zero attached hydrogens (tertiary/aromatic N) is 3. The quantitative estimate of drug-likeness (QED) is 0.856. The number of nitrogens with one attached hydrogen (secondary N) is 2. The molecule has 1 aliphatic rings. The fraction of sp³-hybridized carbons (Fsp3) is 0.357. The molecule has 20 heavy (non-hydrogen) atoms. The SMILES string of the molecule is Cn1cnnc1-c1ccc(NC(=O)CNC2CC2)cc1. The Morgan fingerprint density at radius 1 is 1.35 bits per heavy atom. The van der Waals surface area contributed by atoms with Crippen molar-refractivity contribution in [3.8, 4) is 11.4 Å². The number of hydrogen-bond donors (Lipinski definition) is 2. The lowest BCUT2D eigenvalue weighted by Crippen LogP contribution is -2.29. The predicted octanol–water partition coefficient (Wildman–Crippen LogP) is 1.17. The zero-order valence-electron chi connectivity index (χ0n) is 11.3. The van der Waals surface area contributed by atoms with Crippen LogP contribution in [0.4, 0.5) is 5.69 Å². The standard InChI is InChI=1S/C14H17N5O/c1-19-9-16-18-14(19)10-2-4-12(5-3-10)17-13(20)8-15-11-6-7-11/h2-5,9,11,15H,6-8H2,1H3,(H,17,20). The van der Waals surface area contributed by atoms with Crippen LogP contribution >= 0.6 is 0 Å². The first kappa shape index (κ1) is 12.8. The number of benzene rings is 1. The van der Waals surface area contributed by atoms with E-state index in [9.17, 15) is 4.79 Å². The Morgan fingerprint density at radius 2 is 2.10 bits per heavy atom. The van der Waals surface area contributed by atoms with Gasteiger partial charge in [0.1, 0.15) is 6.33 Å². The van der Waals surface area contributed by atoms with Gasteiger partial charge in [0.05, 0.1) is 6.54 Å². The Kier molecular flexibility index (Phi) is 3.47. The number of anilines is 1. The zero-order valence-corrected chi connectivity index (χ0v) is 11.3. The fourth-order valence-electron chi connectivity index (χ4n) is 1.98. The molecule has 104 valence electrons. The van der Waals surface area contributed by atoms with Gasteiger partial charge in [0.2, 0.25) is 5.91 Å². The van der Waals surface area contributed by atoms with Crippen LogP contribution in [0.2, 0.25) is 0 Å². The number of aryl methyl sites for hydroxylation is 1. The normalized spacial score (nSPS) is 14.2. The Labute approximate surface area is 117 Å². The summed E-state index contributed by atoms with van der Waals surface area (Å²) < 4.78 is 1.85. The molecule has 0 radical (unpaired) electrons. The molecule has 0 unspecified atom stereocenters. The van der Waals surface area contributed by atoms with Gasteiger partial charge < -0.3 is 15.2 Å².